The van der Waals surface area contributed by atoms with Gasteiger partial charge in [0.05, 0.1) is 41.4 Å². The number of thiazole rings is 1. The summed E-state index contributed by atoms with van der Waals surface area (Å²) in [5.74, 6) is 0. The molecule has 2 aromatic heterocycles. The van der Waals surface area contributed by atoms with Crippen LogP contribution in [0.3, 0.4) is 0 Å². The van der Waals surface area contributed by atoms with Crippen molar-refractivity contribution in [2.75, 3.05) is 18.4 Å². The van der Waals surface area contributed by atoms with Crippen molar-refractivity contribution in [3.05, 3.63) is 53.3 Å². The number of aryl methyl sites for hydroxylation is 2. The molecule has 146 valence electrons. The quantitative estimate of drug-likeness (QED) is 0.694. The molecule has 1 aliphatic heterocycles. The van der Waals surface area contributed by atoms with Gasteiger partial charge in [-0.05, 0) is 43.7 Å². The van der Waals surface area contributed by atoms with Gasteiger partial charge in [-0.1, -0.05) is 23.5 Å². The summed E-state index contributed by atoms with van der Waals surface area (Å²) in [5.41, 5.74) is 4.81. The van der Waals surface area contributed by atoms with Gasteiger partial charge < -0.3 is 10.0 Å². The van der Waals surface area contributed by atoms with E-state index in [2.05, 4.69) is 21.4 Å². The Morgan fingerprint density at radius 3 is 2.59 bits per heavy atom. The van der Waals surface area contributed by atoms with E-state index >= 15 is 0 Å². The maximum atomic E-state index is 12.4. The van der Waals surface area contributed by atoms with E-state index < -0.39 is 6.10 Å². The van der Waals surface area contributed by atoms with E-state index in [1.54, 1.807) is 12.1 Å². The Bertz CT molecular complexity index is 1110. The third-order valence-corrected chi connectivity index (χ3v) is 5.62. The normalized spacial score (nSPS) is 13.7. The maximum Gasteiger partial charge on any atom is 0.323 e. The molecule has 0 radical (unpaired) electrons. The van der Waals surface area contributed by atoms with Gasteiger partial charge in [-0.2, -0.15) is 5.26 Å². The molecule has 3 heterocycles. The minimum atomic E-state index is -0.459. The molecule has 8 heteroatoms. The van der Waals surface area contributed by atoms with Gasteiger partial charge in [0.2, 0.25) is 0 Å². The zero-order chi connectivity index (χ0) is 20.5. The largest absolute Gasteiger partial charge is 0.389 e. The molecule has 1 aromatic carbocycles. The van der Waals surface area contributed by atoms with Crippen LogP contribution in [0.2, 0.25) is 0 Å². The number of anilines is 1. The van der Waals surface area contributed by atoms with Gasteiger partial charge in [0, 0.05) is 17.0 Å². The van der Waals surface area contributed by atoms with Crippen molar-refractivity contribution in [1.29, 1.82) is 5.26 Å². The number of hydrogen-bond acceptors (Lipinski definition) is 6. The van der Waals surface area contributed by atoms with E-state index in [4.69, 9.17) is 0 Å². The minimum absolute atomic E-state index is 0.282. The fourth-order valence-corrected chi connectivity index (χ4v) is 4.22. The monoisotopic (exact) mass is 405 g/mol. The topological polar surface area (TPSA) is 102 Å². The Balaban J connectivity index is 1.76. The molecule has 2 N–H and O–H groups in total. The number of β-amino-alcohol motifs (C(OH)–C–C–N with tert-alkyl or cyclic N) is 1. The number of pyridine rings is 1. The zero-order valence-electron chi connectivity index (χ0n) is 16.0. The summed E-state index contributed by atoms with van der Waals surface area (Å²) in [6, 6.07) is 13.1. The second kappa shape index (κ2) is 7.62. The van der Waals surface area contributed by atoms with Crippen LogP contribution in [0.25, 0.3) is 21.7 Å². The van der Waals surface area contributed by atoms with Crippen molar-refractivity contribution in [3.63, 3.8) is 0 Å². The highest BCUT2D eigenvalue weighted by Gasteiger charge is 2.29. The van der Waals surface area contributed by atoms with Crippen molar-refractivity contribution in [3.8, 4) is 27.8 Å². The molecule has 0 atom stereocenters. The molecule has 29 heavy (non-hydrogen) atoms. The van der Waals surface area contributed by atoms with Gasteiger partial charge in [0.1, 0.15) is 0 Å². The van der Waals surface area contributed by atoms with Crippen LogP contribution < -0.4 is 5.32 Å². The first-order chi connectivity index (χ1) is 13.9. The summed E-state index contributed by atoms with van der Waals surface area (Å²) in [5, 5.41) is 22.0. The molecule has 1 fully saturated rings. The van der Waals surface area contributed by atoms with E-state index in [9.17, 15) is 15.2 Å². The Kier molecular flexibility index (Phi) is 5.01. The SMILES string of the molecule is Cc1cc(-c2sc(NC(=O)N3CC(O)C3)nc2-c2cccc(C#N)c2)cc(C)n1. The lowest BCUT2D eigenvalue weighted by Crippen LogP contribution is -2.54. The lowest BCUT2D eigenvalue weighted by Gasteiger charge is -2.35. The first-order valence-corrected chi connectivity index (χ1v) is 9.95. The number of rotatable bonds is 3. The fraction of sp³-hybridized carbons (Fsp3) is 0.238. The van der Waals surface area contributed by atoms with Crippen molar-refractivity contribution < 1.29 is 9.90 Å². The molecule has 7 nitrogen and oxygen atoms in total. The molecule has 3 aromatic rings. The summed E-state index contributed by atoms with van der Waals surface area (Å²) < 4.78 is 0. The van der Waals surface area contributed by atoms with Crippen LogP contribution in [0.15, 0.2) is 36.4 Å². The number of carbonyl (C=O) groups is 1. The minimum Gasteiger partial charge on any atom is -0.389 e. The number of nitriles is 1. The van der Waals surface area contributed by atoms with Crippen LogP contribution in [0.4, 0.5) is 9.93 Å². The molecule has 1 aliphatic rings. The highest BCUT2D eigenvalue weighted by Crippen LogP contribution is 2.39. The van der Waals surface area contributed by atoms with E-state index in [-0.39, 0.29) is 6.03 Å². The van der Waals surface area contributed by atoms with Gasteiger partial charge in [-0.15, -0.1) is 0 Å². The number of aliphatic hydroxyl groups excluding tert-OH is 1. The van der Waals surface area contributed by atoms with Crippen LogP contribution in [-0.2, 0) is 0 Å². The number of likely N-dealkylation sites (tertiary alicyclic amines) is 1. The van der Waals surface area contributed by atoms with Gasteiger partial charge in [-0.25, -0.2) is 9.78 Å². The third kappa shape index (κ3) is 3.97. The molecule has 0 bridgehead atoms. The van der Waals surface area contributed by atoms with Crippen LogP contribution in [0.1, 0.15) is 17.0 Å². The standard InChI is InChI=1S/C21H19N5O2S/c1-12-6-16(7-13(2)23-12)19-18(15-5-3-4-14(8-15)9-22)24-20(29-19)25-21(28)26-10-17(27)11-26/h3-8,17,27H,10-11H2,1-2H3,(H,24,25,28). The molecular formula is C21H19N5O2S. The number of amides is 2. The van der Waals surface area contributed by atoms with Crippen molar-refractivity contribution in [2.45, 2.75) is 20.0 Å². The van der Waals surface area contributed by atoms with Gasteiger partial charge >= 0.3 is 6.03 Å². The predicted octanol–water partition coefficient (Wildman–Crippen LogP) is 3.57. The summed E-state index contributed by atoms with van der Waals surface area (Å²) in [6.07, 6.45) is -0.459. The van der Waals surface area contributed by atoms with Crippen LogP contribution >= 0.6 is 11.3 Å². The highest BCUT2D eigenvalue weighted by molar-refractivity contribution is 7.19. The Morgan fingerprint density at radius 1 is 1.21 bits per heavy atom. The summed E-state index contributed by atoms with van der Waals surface area (Å²) in [4.78, 5) is 23.9. The average molecular weight is 405 g/mol. The van der Waals surface area contributed by atoms with Gasteiger partial charge in [0.15, 0.2) is 5.13 Å². The highest BCUT2D eigenvalue weighted by atomic mass is 32.1. The van der Waals surface area contributed by atoms with Crippen molar-refractivity contribution >= 4 is 22.5 Å². The van der Waals surface area contributed by atoms with Gasteiger partial charge in [-0.3, -0.25) is 10.3 Å². The second-order valence-corrected chi connectivity index (χ2v) is 8.02. The molecule has 1 saturated heterocycles. The van der Waals surface area contributed by atoms with Crippen LogP contribution in [0, 0.1) is 25.2 Å². The summed E-state index contributed by atoms with van der Waals surface area (Å²) in [7, 11) is 0. The number of nitrogens with one attached hydrogen (secondary N) is 1. The number of aromatic nitrogens is 2. The summed E-state index contributed by atoms with van der Waals surface area (Å²) >= 11 is 1.38. The van der Waals surface area contributed by atoms with E-state index in [0.29, 0.717) is 29.5 Å². The number of urea groups is 1. The molecular weight excluding hydrogens is 386 g/mol. The fourth-order valence-electron chi connectivity index (χ4n) is 3.26. The number of hydrogen-bond donors (Lipinski definition) is 2. The first-order valence-electron chi connectivity index (χ1n) is 9.14. The second-order valence-electron chi connectivity index (χ2n) is 7.02. The van der Waals surface area contributed by atoms with E-state index in [0.717, 1.165) is 27.4 Å². The number of aliphatic hydroxyl groups is 1. The molecule has 0 saturated carbocycles. The van der Waals surface area contributed by atoms with Crippen LogP contribution in [-0.4, -0.2) is 45.2 Å². The predicted molar refractivity (Wildman–Crippen MR) is 112 cm³/mol. The lowest BCUT2D eigenvalue weighted by molar-refractivity contribution is 0.0309. The zero-order valence-corrected chi connectivity index (χ0v) is 16.8. The van der Waals surface area contributed by atoms with Crippen LogP contribution in [0.5, 0.6) is 0 Å². The molecule has 2 amide bonds. The molecule has 0 spiro atoms. The maximum absolute atomic E-state index is 12.4. The number of benzene rings is 1. The van der Waals surface area contributed by atoms with E-state index in [1.165, 1.54) is 16.2 Å². The summed E-state index contributed by atoms with van der Waals surface area (Å²) in [6.45, 7) is 4.52. The van der Waals surface area contributed by atoms with E-state index in [1.807, 2.05) is 38.1 Å². The number of nitrogens with zero attached hydrogens (tertiary/aromatic N) is 4. The Morgan fingerprint density at radius 2 is 1.93 bits per heavy atom. The Labute approximate surface area is 172 Å². The molecule has 4 rings (SSSR count). The Hall–Kier alpha value is -3.28. The third-order valence-electron chi connectivity index (χ3n) is 4.60. The van der Waals surface area contributed by atoms with Crippen molar-refractivity contribution in [1.82, 2.24) is 14.9 Å². The first kappa shape index (κ1) is 19.1. The van der Waals surface area contributed by atoms with Crippen molar-refractivity contribution in [2.24, 2.45) is 0 Å². The number of carbonyl (C=O) groups excluding carboxylic acids is 1. The smallest absolute Gasteiger partial charge is 0.323 e. The average Bonchev–Trinajstić information content (AvgIpc) is 3.08. The lowest BCUT2D eigenvalue weighted by atomic mass is 10.0. The molecule has 0 unspecified atom stereocenters. The molecule has 0 aliphatic carbocycles. The van der Waals surface area contributed by atoms with Gasteiger partial charge in [0.25, 0.3) is 0 Å².